The number of methoxy groups -OCH3 is 2. The smallest absolute Gasteiger partial charge is 0.275 e. The summed E-state index contributed by atoms with van der Waals surface area (Å²) in [4.78, 5) is 31.4. The van der Waals surface area contributed by atoms with Crippen LogP contribution in [0.15, 0.2) is 53.5 Å². The standard InChI is InChI=1S/C21H23N3O4/c1-21(2)23-19(14-5-9-16(27-3)10-6-14)20(26)24(21)13-18(25)22-15-7-11-17(28-4)12-8-15/h5-12H,13H2,1-4H3,(H,22,25). The molecule has 0 aliphatic carbocycles. The fraction of sp³-hybridized carbons (Fsp3) is 0.286. The van der Waals surface area contributed by atoms with E-state index in [2.05, 4.69) is 10.3 Å². The fourth-order valence-electron chi connectivity index (χ4n) is 2.98. The molecule has 146 valence electrons. The summed E-state index contributed by atoms with van der Waals surface area (Å²) in [5.41, 5.74) is 0.845. The zero-order valence-corrected chi connectivity index (χ0v) is 16.4. The number of benzene rings is 2. The third kappa shape index (κ3) is 3.98. The summed E-state index contributed by atoms with van der Waals surface area (Å²) in [6.45, 7) is 3.52. The van der Waals surface area contributed by atoms with Crippen molar-refractivity contribution in [3.8, 4) is 11.5 Å². The van der Waals surface area contributed by atoms with Gasteiger partial charge < -0.3 is 19.7 Å². The number of anilines is 1. The predicted octanol–water partition coefficient (Wildman–Crippen LogP) is 2.71. The number of amides is 2. The first kappa shape index (κ1) is 19.4. The van der Waals surface area contributed by atoms with Gasteiger partial charge in [0.2, 0.25) is 5.91 Å². The molecule has 2 aromatic rings. The van der Waals surface area contributed by atoms with E-state index in [1.54, 1.807) is 62.8 Å². The van der Waals surface area contributed by atoms with E-state index in [1.807, 2.05) is 13.8 Å². The lowest BCUT2D eigenvalue weighted by atomic mass is 10.1. The van der Waals surface area contributed by atoms with E-state index < -0.39 is 5.66 Å². The van der Waals surface area contributed by atoms with Gasteiger partial charge in [0.1, 0.15) is 29.4 Å². The summed E-state index contributed by atoms with van der Waals surface area (Å²) in [6, 6.07) is 14.1. The summed E-state index contributed by atoms with van der Waals surface area (Å²) in [5, 5.41) is 2.79. The van der Waals surface area contributed by atoms with E-state index in [1.165, 1.54) is 4.90 Å². The topological polar surface area (TPSA) is 80.2 Å². The van der Waals surface area contributed by atoms with Gasteiger partial charge in [0.05, 0.1) is 14.2 Å². The summed E-state index contributed by atoms with van der Waals surface area (Å²) >= 11 is 0. The lowest BCUT2D eigenvalue weighted by Crippen LogP contribution is -2.46. The molecule has 0 saturated carbocycles. The van der Waals surface area contributed by atoms with Gasteiger partial charge in [0.15, 0.2) is 0 Å². The number of nitrogens with zero attached hydrogens (tertiary/aromatic N) is 2. The van der Waals surface area contributed by atoms with Crippen LogP contribution >= 0.6 is 0 Å². The zero-order chi connectivity index (χ0) is 20.3. The van der Waals surface area contributed by atoms with Gasteiger partial charge in [-0.25, -0.2) is 0 Å². The molecule has 0 aromatic heterocycles. The Hall–Kier alpha value is -3.35. The molecule has 0 atom stereocenters. The van der Waals surface area contributed by atoms with Crippen LogP contribution in [0.3, 0.4) is 0 Å². The number of carbonyl (C=O) groups is 2. The SMILES string of the molecule is COc1ccc(NC(=O)CN2C(=O)C(c3ccc(OC)cc3)=NC2(C)C)cc1. The molecular weight excluding hydrogens is 358 g/mol. The molecule has 0 unspecified atom stereocenters. The van der Waals surface area contributed by atoms with Crippen LogP contribution in [0.5, 0.6) is 11.5 Å². The fourth-order valence-corrected chi connectivity index (χ4v) is 2.98. The van der Waals surface area contributed by atoms with Crippen molar-refractivity contribution in [2.75, 3.05) is 26.1 Å². The average Bonchev–Trinajstić information content (AvgIpc) is 2.92. The molecule has 1 aliphatic heterocycles. The summed E-state index contributed by atoms with van der Waals surface area (Å²) in [6.07, 6.45) is 0. The van der Waals surface area contributed by atoms with Gasteiger partial charge in [0, 0.05) is 11.3 Å². The molecule has 1 N–H and O–H groups in total. The van der Waals surface area contributed by atoms with Gasteiger partial charge in [-0.3, -0.25) is 14.6 Å². The third-order valence-electron chi connectivity index (χ3n) is 4.53. The highest BCUT2D eigenvalue weighted by atomic mass is 16.5. The summed E-state index contributed by atoms with van der Waals surface area (Å²) in [7, 11) is 3.16. The maximum Gasteiger partial charge on any atom is 0.275 e. The molecule has 0 spiro atoms. The molecule has 1 heterocycles. The van der Waals surface area contributed by atoms with E-state index in [4.69, 9.17) is 9.47 Å². The van der Waals surface area contributed by atoms with Gasteiger partial charge >= 0.3 is 0 Å². The van der Waals surface area contributed by atoms with Crippen molar-refractivity contribution < 1.29 is 19.1 Å². The number of aliphatic imine (C=N–C) groups is 1. The largest absolute Gasteiger partial charge is 0.497 e. The second-order valence-corrected chi connectivity index (χ2v) is 6.85. The monoisotopic (exact) mass is 381 g/mol. The Balaban J connectivity index is 1.71. The normalized spacial score (nSPS) is 15.2. The molecule has 0 bridgehead atoms. The van der Waals surface area contributed by atoms with Gasteiger partial charge in [-0.05, 0) is 62.4 Å². The minimum Gasteiger partial charge on any atom is -0.497 e. The molecule has 28 heavy (non-hydrogen) atoms. The Morgan fingerprint density at radius 2 is 1.54 bits per heavy atom. The van der Waals surface area contributed by atoms with E-state index in [-0.39, 0.29) is 18.4 Å². The average molecular weight is 381 g/mol. The molecule has 0 radical (unpaired) electrons. The highest BCUT2D eigenvalue weighted by Gasteiger charge is 2.41. The quantitative estimate of drug-likeness (QED) is 0.834. The molecule has 3 rings (SSSR count). The maximum absolute atomic E-state index is 12.9. The first-order valence-electron chi connectivity index (χ1n) is 8.84. The van der Waals surface area contributed by atoms with Gasteiger partial charge in [-0.1, -0.05) is 0 Å². The van der Waals surface area contributed by atoms with Crippen LogP contribution in [0.1, 0.15) is 19.4 Å². The lowest BCUT2D eigenvalue weighted by Gasteiger charge is -2.28. The minimum absolute atomic E-state index is 0.0962. The summed E-state index contributed by atoms with van der Waals surface area (Å²) in [5.74, 6) is 0.828. The Kier molecular flexibility index (Phi) is 5.35. The number of hydrogen-bond acceptors (Lipinski definition) is 5. The minimum atomic E-state index is -0.816. The van der Waals surface area contributed by atoms with Crippen molar-refractivity contribution in [3.63, 3.8) is 0 Å². The van der Waals surface area contributed by atoms with Crippen LogP contribution in [0, 0.1) is 0 Å². The van der Waals surface area contributed by atoms with E-state index in [9.17, 15) is 9.59 Å². The predicted molar refractivity (Wildman–Crippen MR) is 107 cm³/mol. The zero-order valence-electron chi connectivity index (χ0n) is 16.4. The number of rotatable bonds is 6. The maximum atomic E-state index is 12.9. The van der Waals surface area contributed by atoms with Crippen LogP contribution in [0.25, 0.3) is 0 Å². The molecular formula is C21H23N3O4. The Morgan fingerprint density at radius 1 is 1.00 bits per heavy atom. The van der Waals surface area contributed by atoms with E-state index in [0.717, 1.165) is 0 Å². The molecule has 7 heteroatoms. The molecule has 2 amide bonds. The van der Waals surface area contributed by atoms with Crippen molar-refractivity contribution in [1.82, 2.24) is 4.90 Å². The van der Waals surface area contributed by atoms with Crippen molar-refractivity contribution in [2.45, 2.75) is 19.5 Å². The van der Waals surface area contributed by atoms with Crippen LogP contribution in [-0.2, 0) is 9.59 Å². The molecule has 0 fully saturated rings. The van der Waals surface area contributed by atoms with Gasteiger partial charge in [0.25, 0.3) is 5.91 Å². The van der Waals surface area contributed by atoms with Gasteiger partial charge in [-0.2, -0.15) is 0 Å². The Labute approximate surface area is 164 Å². The molecule has 1 aliphatic rings. The third-order valence-corrected chi connectivity index (χ3v) is 4.53. The molecule has 0 saturated heterocycles. The first-order chi connectivity index (χ1) is 13.3. The second kappa shape index (κ2) is 7.72. The first-order valence-corrected chi connectivity index (χ1v) is 8.84. The number of carbonyl (C=O) groups excluding carboxylic acids is 2. The van der Waals surface area contributed by atoms with E-state index in [0.29, 0.717) is 28.5 Å². The van der Waals surface area contributed by atoms with Crippen LogP contribution < -0.4 is 14.8 Å². The van der Waals surface area contributed by atoms with Crippen molar-refractivity contribution in [2.24, 2.45) is 4.99 Å². The van der Waals surface area contributed by atoms with Crippen LogP contribution in [0.4, 0.5) is 5.69 Å². The van der Waals surface area contributed by atoms with Crippen LogP contribution in [-0.4, -0.2) is 48.9 Å². The second-order valence-electron chi connectivity index (χ2n) is 6.85. The molecule has 2 aromatic carbocycles. The van der Waals surface area contributed by atoms with Crippen LogP contribution in [0.2, 0.25) is 0 Å². The van der Waals surface area contributed by atoms with E-state index >= 15 is 0 Å². The van der Waals surface area contributed by atoms with Gasteiger partial charge in [-0.15, -0.1) is 0 Å². The lowest BCUT2D eigenvalue weighted by molar-refractivity contribution is -0.131. The Bertz CT molecular complexity index is 902. The van der Waals surface area contributed by atoms with Crippen molar-refractivity contribution in [3.05, 3.63) is 54.1 Å². The number of hydrogen-bond donors (Lipinski definition) is 1. The summed E-state index contributed by atoms with van der Waals surface area (Å²) < 4.78 is 10.3. The molecule has 7 nitrogen and oxygen atoms in total. The highest BCUT2D eigenvalue weighted by Crippen LogP contribution is 2.27. The number of nitrogens with one attached hydrogen (secondary N) is 1. The Morgan fingerprint density at radius 3 is 2.07 bits per heavy atom. The van der Waals surface area contributed by atoms with Crippen molar-refractivity contribution >= 4 is 23.2 Å². The van der Waals surface area contributed by atoms with Crippen molar-refractivity contribution in [1.29, 1.82) is 0 Å². The highest BCUT2D eigenvalue weighted by molar-refractivity contribution is 6.47. The number of ether oxygens (including phenoxy) is 2.